The van der Waals surface area contributed by atoms with Crippen LogP contribution in [0.5, 0.6) is 0 Å². The first-order chi connectivity index (χ1) is 6.15. The van der Waals surface area contributed by atoms with Crippen LogP contribution in [0.3, 0.4) is 0 Å². The largest absolute Gasteiger partial charge is 0.314 e. The summed E-state index contributed by atoms with van der Waals surface area (Å²) in [6, 6.07) is 1.89. The van der Waals surface area contributed by atoms with Crippen LogP contribution < -0.4 is 4.90 Å². The van der Waals surface area contributed by atoms with Gasteiger partial charge in [-0.1, -0.05) is 13.8 Å². The molecule has 0 spiro atoms. The summed E-state index contributed by atoms with van der Waals surface area (Å²) in [7, 11) is 0. The Labute approximate surface area is 77.4 Å². The standard InChI is InChI=1S/C10H12N2O/c1-10(2)6-12(7-13)9-3-4-11-5-8(9)10/h3-5,7H,6H2,1-2H3. The van der Waals surface area contributed by atoms with E-state index in [1.807, 2.05) is 12.3 Å². The highest BCUT2D eigenvalue weighted by atomic mass is 16.1. The van der Waals surface area contributed by atoms with Gasteiger partial charge in [0.05, 0.1) is 5.69 Å². The lowest BCUT2D eigenvalue weighted by Gasteiger charge is -2.17. The minimum Gasteiger partial charge on any atom is -0.314 e. The first-order valence-electron chi connectivity index (χ1n) is 4.31. The number of pyridine rings is 1. The van der Waals surface area contributed by atoms with Crippen molar-refractivity contribution in [2.24, 2.45) is 0 Å². The van der Waals surface area contributed by atoms with Crippen molar-refractivity contribution in [2.45, 2.75) is 19.3 Å². The second-order valence-corrected chi connectivity index (χ2v) is 4.01. The van der Waals surface area contributed by atoms with Crippen molar-refractivity contribution in [2.75, 3.05) is 11.4 Å². The van der Waals surface area contributed by atoms with Crippen LogP contribution in [0.4, 0.5) is 5.69 Å². The van der Waals surface area contributed by atoms with Crippen LogP contribution in [0.15, 0.2) is 18.5 Å². The zero-order valence-corrected chi connectivity index (χ0v) is 7.82. The summed E-state index contributed by atoms with van der Waals surface area (Å²) >= 11 is 0. The normalized spacial score (nSPS) is 18.5. The fraction of sp³-hybridized carbons (Fsp3) is 0.400. The monoisotopic (exact) mass is 176 g/mol. The highest BCUT2D eigenvalue weighted by Crippen LogP contribution is 2.38. The number of nitrogens with zero attached hydrogens (tertiary/aromatic N) is 2. The maximum absolute atomic E-state index is 10.8. The third-order valence-corrected chi connectivity index (χ3v) is 2.53. The summed E-state index contributed by atoms with van der Waals surface area (Å²) in [5, 5.41) is 0. The predicted octanol–water partition coefficient (Wildman–Crippen LogP) is 1.34. The third kappa shape index (κ3) is 1.11. The molecule has 2 heterocycles. The van der Waals surface area contributed by atoms with Gasteiger partial charge in [-0.3, -0.25) is 9.78 Å². The van der Waals surface area contributed by atoms with Crippen molar-refractivity contribution < 1.29 is 4.79 Å². The highest BCUT2D eigenvalue weighted by molar-refractivity contribution is 5.80. The molecule has 68 valence electrons. The Balaban J connectivity index is 2.56. The Morgan fingerprint density at radius 3 is 3.08 bits per heavy atom. The zero-order chi connectivity index (χ0) is 9.47. The molecule has 1 amide bonds. The van der Waals surface area contributed by atoms with Gasteiger partial charge < -0.3 is 4.90 Å². The number of fused-ring (bicyclic) bond motifs is 1. The van der Waals surface area contributed by atoms with Crippen LogP contribution in [-0.2, 0) is 10.2 Å². The fourth-order valence-electron chi connectivity index (χ4n) is 1.85. The van der Waals surface area contributed by atoms with E-state index >= 15 is 0 Å². The quantitative estimate of drug-likeness (QED) is 0.605. The maximum atomic E-state index is 10.8. The van der Waals surface area contributed by atoms with E-state index in [1.54, 1.807) is 11.1 Å². The van der Waals surface area contributed by atoms with Gasteiger partial charge in [0.15, 0.2) is 0 Å². The average Bonchev–Trinajstić information content (AvgIpc) is 2.39. The predicted molar refractivity (Wildman–Crippen MR) is 50.7 cm³/mol. The van der Waals surface area contributed by atoms with Crippen LogP contribution in [0, 0.1) is 0 Å². The molecule has 1 aliphatic heterocycles. The van der Waals surface area contributed by atoms with E-state index in [4.69, 9.17) is 0 Å². The molecule has 0 atom stereocenters. The van der Waals surface area contributed by atoms with E-state index in [9.17, 15) is 4.79 Å². The lowest BCUT2D eigenvalue weighted by molar-refractivity contribution is -0.107. The molecule has 0 aromatic carbocycles. The number of carbonyl (C=O) groups is 1. The zero-order valence-electron chi connectivity index (χ0n) is 7.82. The fourth-order valence-corrected chi connectivity index (χ4v) is 1.85. The number of aromatic nitrogens is 1. The molecule has 3 nitrogen and oxygen atoms in total. The Hall–Kier alpha value is -1.38. The minimum absolute atomic E-state index is 0.0322. The summed E-state index contributed by atoms with van der Waals surface area (Å²) in [5.41, 5.74) is 2.18. The first kappa shape index (κ1) is 8.23. The molecule has 0 unspecified atom stereocenters. The van der Waals surface area contributed by atoms with Gasteiger partial charge in [-0.2, -0.15) is 0 Å². The number of hydrogen-bond donors (Lipinski definition) is 0. The molecule has 2 rings (SSSR count). The Kier molecular flexibility index (Phi) is 1.62. The first-order valence-corrected chi connectivity index (χ1v) is 4.31. The van der Waals surface area contributed by atoms with Gasteiger partial charge in [-0.15, -0.1) is 0 Å². The van der Waals surface area contributed by atoms with Crippen LogP contribution in [0.2, 0.25) is 0 Å². The molecule has 0 radical (unpaired) electrons. The molecule has 0 N–H and O–H groups in total. The van der Waals surface area contributed by atoms with Gasteiger partial charge in [-0.25, -0.2) is 0 Å². The molecule has 1 aromatic heterocycles. The number of hydrogen-bond acceptors (Lipinski definition) is 2. The number of rotatable bonds is 1. The topological polar surface area (TPSA) is 33.2 Å². The van der Waals surface area contributed by atoms with E-state index in [0.29, 0.717) is 0 Å². The SMILES string of the molecule is CC1(C)CN(C=O)c2ccncc21. The Morgan fingerprint density at radius 1 is 1.62 bits per heavy atom. The van der Waals surface area contributed by atoms with Crippen molar-refractivity contribution >= 4 is 12.1 Å². The minimum atomic E-state index is 0.0322. The van der Waals surface area contributed by atoms with Gasteiger partial charge in [0, 0.05) is 29.9 Å². The van der Waals surface area contributed by atoms with E-state index in [-0.39, 0.29) is 5.41 Å². The molecular weight excluding hydrogens is 164 g/mol. The molecule has 0 fully saturated rings. The second-order valence-electron chi connectivity index (χ2n) is 4.01. The molecule has 1 aromatic rings. The van der Waals surface area contributed by atoms with Gasteiger partial charge in [0.2, 0.25) is 6.41 Å². The Bertz CT molecular complexity index is 347. The smallest absolute Gasteiger partial charge is 0.214 e. The van der Waals surface area contributed by atoms with Crippen molar-refractivity contribution in [3.8, 4) is 0 Å². The van der Waals surface area contributed by atoms with E-state index in [1.165, 1.54) is 0 Å². The van der Waals surface area contributed by atoms with E-state index in [2.05, 4.69) is 18.8 Å². The number of carbonyl (C=O) groups excluding carboxylic acids is 1. The molecule has 0 saturated carbocycles. The molecule has 3 heteroatoms. The molecular formula is C10H12N2O. The molecule has 13 heavy (non-hydrogen) atoms. The van der Waals surface area contributed by atoms with Crippen LogP contribution >= 0.6 is 0 Å². The van der Waals surface area contributed by atoms with Gasteiger partial charge in [0.25, 0.3) is 0 Å². The van der Waals surface area contributed by atoms with Crippen LogP contribution in [-0.4, -0.2) is 17.9 Å². The van der Waals surface area contributed by atoms with Crippen molar-refractivity contribution in [3.63, 3.8) is 0 Å². The number of anilines is 1. The van der Waals surface area contributed by atoms with E-state index < -0.39 is 0 Å². The maximum Gasteiger partial charge on any atom is 0.214 e. The van der Waals surface area contributed by atoms with Crippen LogP contribution in [0.1, 0.15) is 19.4 Å². The lowest BCUT2D eigenvalue weighted by Crippen LogP contribution is -2.27. The molecule has 0 saturated heterocycles. The van der Waals surface area contributed by atoms with Crippen molar-refractivity contribution in [3.05, 3.63) is 24.0 Å². The van der Waals surface area contributed by atoms with E-state index in [0.717, 1.165) is 24.2 Å². The van der Waals surface area contributed by atoms with Gasteiger partial charge in [0.1, 0.15) is 0 Å². The second kappa shape index (κ2) is 2.55. The number of amides is 1. The molecule has 0 bridgehead atoms. The summed E-state index contributed by atoms with van der Waals surface area (Å²) in [6.45, 7) is 4.99. The van der Waals surface area contributed by atoms with Crippen molar-refractivity contribution in [1.82, 2.24) is 4.98 Å². The summed E-state index contributed by atoms with van der Waals surface area (Å²) in [4.78, 5) is 16.6. The summed E-state index contributed by atoms with van der Waals surface area (Å²) in [6.07, 6.45) is 4.45. The summed E-state index contributed by atoms with van der Waals surface area (Å²) in [5.74, 6) is 0. The van der Waals surface area contributed by atoms with Gasteiger partial charge in [-0.05, 0) is 6.07 Å². The van der Waals surface area contributed by atoms with Crippen molar-refractivity contribution in [1.29, 1.82) is 0 Å². The third-order valence-electron chi connectivity index (χ3n) is 2.53. The average molecular weight is 176 g/mol. The summed E-state index contributed by atoms with van der Waals surface area (Å²) < 4.78 is 0. The molecule has 1 aliphatic rings. The molecule has 0 aliphatic carbocycles. The lowest BCUT2D eigenvalue weighted by atomic mass is 9.88. The highest BCUT2D eigenvalue weighted by Gasteiger charge is 2.34. The van der Waals surface area contributed by atoms with Crippen LogP contribution in [0.25, 0.3) is 0 Å². The Morgan fingerprint density at radius 2 is 2.38 bits per heavy atom. The van der Waals surface area contributed by atoms with Gasteiger partial charge >= 0.3 is 0 Å².